The maximum Gasteiger partial charge on any atom is 0.316 e. The van der Waals surface area contributed by atoms with Crippen molar-refractivity contribution in [3.63, 3.8) is 0 Å². The van der Waals surface area contributed by atoms with Crippen molar-refractivity contribution in [2.45, 2.75) is 45.6 Å². The van der Waals surface area contributed by atoms with E-state index in [4.69, 9.17) is 4.74 Å². The minimum Gasteiger partial charge on any atom is -0.465 e. The predicted octanol–water partition coefficient (Wildman–Crippen LogP) is 2.64. The van der Waals surface area contributed by atoms with Gasteiger partial charge in [0.2, 0.25) is 5.91 Å². The topological polar surface area (TPSA) is 100 Å². The first kappa shape index (κ1) is 22.0. The monoisotopic (exact) mass is 430 g/mol. The van der Waals surface area contributed by atoms with E-state index in [1.54, 1.807) is 6.92 Å². The van der Waals surface area contributed by atoms with Crippen LogP contribution >= 0.6 is 11.8 Å². The summed E-state index contributed by atoms with van der Waals surface area (Å²) in [6.45, 7) is 4.75. The number of aliphatic imine (C=N–C) groups is 2. The van der Waals surface area contributed by atoms with Crippen LogP contribution in [0.4, 0.5) is 5.69 Å². The third-order valence-electron chi connectivity index (χ3n) is 4.67. The van der Waals surface area contributed by atoms with Gasteiger partial charge in [0, 0.05) is 18.5 Å². The predicted molar refractivity (Wildman–Crippen MR) is 117 cm³/mol. The fourth-order valence-electron chi connectivity index (χ4n) is 3.17. The molecule has 3 rings (SSSR count). The second-order valence-corrected chi connectivity index (χ2v) is 7.83. The molecular formula is C21H26N4O4S. The molecule has 1 aromatic rings. The van der Waals surface area contributed by atoms with Gasteiger partial charge in [-0.25, -0.2) is 9.89 Å². The van der Waals surface area contributed by atoms with Gasteiger partial charge in [-0.3, -0.25) is 19.4 Å². The molecule has 1 atom stereocenters. The van der Waals surface area contributed by atoms with Crippen LogP contribution in [0.2, 0.25) is 0 Å². The van der Waals surface area contributed by atoms with Crippen LogP contribution in [0.15, 0.2) is 34.3 Å². The van der Waals surface area contributed by atoms with E-state index in [9.17, 15) is 14.4 Å². The van der Waals surface area contributed by atoms with Gasteiger partial charge in [-0.15, -0.1) is 0 Å². The number of rotatable bonds is 9. The number of amidine groups is 2. The third kappa shape index (κ3) is 5.08. The number of unbranched alkanes of at least 4 members (excludes halogenated alkanes) is 1. The van der Waals surface area contributed by atoms with Crippen LogP contribution in [0.1, 0.15) is 45.1 Å². The highest BCUT2D eigenvalue weighted by molar-refractivity contribution is 8.14. The zero-order valence-electron chi connectivity index (χ0n) is 17.2. The Morgan fingerprint density at radius 3 is 2.83 bits per heavy atom. The first-order valence-electron chi connectivity index (χ1n) is 10.2. The summed E-state index contributed by atoms with van der Waals surface area (Å²) in [4.78, 5) is 47.5. The minimum absolute atomic E-state index is 0.0520. The van der Waals surface area contributed by atoms with Gasteiger partial charge in [-0.2, -0.15) is 0 Å². The SMILES string of the molecule is CCCCNC(=O)CC[C@H]1N=C2c3ccccc3N=C(SCC(=O)OCC)N2C1=O. The Hall–Kier alpha value is -2.68. The molecule has 0 radical (unpaired) electrons. The molecule has 0 aliphatic carbocycles. The van der Waals surface area contributed by atoms with Crippen LogP contribution in [0.5, 0.6) is 0 Å². The third-order valence-corrected chi connectivity index (χ3v) is 5.58. The fourth-order valence-corrected chi connectivity index (χ4v) is 3.97. The highest BCUT2D eigenvalue weighted by atomic mass is 32.2. The van der Waals surface area contributed by atoms with E-state index in [-0.39, 0.29) is 30.0 Å². The zero-order chi connectivity index (χ0) is 21.5. The lowest BCUT2D eigenvalue weighted by molar-refractivity contribution is -0.139. The van der Waals surface area contributed by atoms with Gasteiger partial charge < -0.3 is 10.1 Å². The summed E-state index contributed by atoms with van der Waals surface area (Å²) in [6, 6.07) is 6.80. The summed E-state index contributed by atoms with van der Waals surface area (Å²) in [6.07, 6.45) is 2.50. The van der Waals surface area contributed by atoms with E-state index < -0.39 is 6.04 Å². The Labute approximate surface area is 180 Å². The Bertz CT molecular complexity index is 884. The first-order chi connectivity index (χ1) is 14.5. The van der Waals surface area contributed by atoms with E-state index in [1.807, 2.05) is 24.3 Å². The summed E-state index contributed by atoms with van der Waals surface area (Å²) in [5, 5.41) is 3.27. The Morgan fingerprint density at radius 1 is 1.27 bits per heavy atom. The van der Waals surface area contributed by atoms with Crippen molar-refractivity contribution in [3.05, 3.63) is 29.8 Å². The van der Waals surface area contributed by atoms with Gasteiger partial charge in [0.1, 0.15) is 11.9 Å². The Kier molecular flexibility index (Phi) is 7.62. The smallest absolute Gasteiger partial charge is 0.316 e. The van der Waals surface area contributed by atoms with Crippen molar-refractivity contribution in [2.24, 2.45) is 9.98 Å². The fraction of sp³-hybridized carbons (Fsp3) is 0.476. The molecule has 2 aliphatic rings. The van der Waals surface area contributed by atoms with Crippen LogP contribution in [0.3, 0.4) is 0 Å². The molecule has 0 saturated heterocycles. The van der Waals surface area contributed by atoms with Gasteiger partial charge in [-0.1, -0.05) is 37.2 Å². The van der Waals surface area contributed by atoms with Crippen LogP contribution in [-0.2, 0) is 19.1 Å². The lowest BCUT2D eigenvalue weighted by atomic mass is 10.1. The molecule has 9 heteroatoms. The average molecular weight is 431 g/mol. The van der Waals surface area contributed by atoms with Crippen molar-refractivity contribution in [2.75, 3.05) is 18.9 Å². The van der Waals surface area contributed by atoms with Crippen LogP contribution < -0.4 is 5.32 Å². The number of nitrogens with zero attached hydrogens (tertiary/aromatic N) is 3. The highest BCUT2D eigenvalue weighted by Gasteiger charge is 2.41. The summed E-state index contributed by atoms with van der Waals surface area (Å²) in [5.41, 5.74) is 1.46. The average Bonchev–Trinajstić information content (AvgIpc) is 3.08. The standard InChI is InChI=1S/C21H26N4O4S/c1-3-5-12-22-17(26)11-10-16-20(28)25-19(23-16)14-8-6-7-9-15(14)24-21(25)30-13-18(27)29-4-2/h6-9,16H,3-5,10-13H2,1-2H3,(H,22,26)/t16-/m1/s1. The number of nitrogens with one attached hydrogen (secondary N) is 1. The lowest BCUT2D eigenvalue weighted by Crippen LogP contribution is -2.41. The van der Waals surface area contributed by atoms with E-state index >= 15 is 0 Å². The second-order valence-electron chi connectivity index (χ2n) is 6.89. The minimum atomic E-state index is -0.642. The molecule has 0 bridgehead atoms. The molecule has 30 heavy (non-hydrogen) atoms. The second kappa shape index (κ2) is 10.4. The molecule has 8 nitrogen and oxygen atoms in total. The largest absolute Gasteiger partial charge is 0.465 e. The van der Waals surface area contributed by atoms with E-state index in [2.05, 4.69) is 22.2 Å². The van der Waals surface area contributed by atoms with Crippen molar-refractivity contribution >= 4 is 46.2 Å². The molecule has 0 unspecified atom stereocenters. The van der Waals surface area contributed by atoms with Gasteiger partial charge in [0.25, 0.3) is 5.91 Å². The van der Waals surface area contributed by atoms with E-state index in [0.717, 1.165) is 30.2 Å². The molecule has 2 heterocycles. The molecule has 1 aromatic carbocycles. The number of fused-ring (bicyclic) bond motifs is 3. The van der Waals surface area contributed by atoms with E-state index in [0.29, 0.717) is 36.3 Å². The molecule has 160 valence electrons. The molecule has 2 amide bonds. The normalized spacial score (nSPS) is 17.1. The number of thioether (sulfide) groups is 1. The molecule has 1 N–H and O–H groups in total. The van der Waals surface area contributed by atoms with Crippen LogP contribution in [-0.4, -0.2) is 58.6 Å². The van der Waals surface area contributed by atoms with Crippen LogP contribution in [0.25, 0.3) is 0 Å². The number of esters is 1. The van der Waals surface area contributed by atoms with Gasteiger partial charge >= 0.3 is 5.97 Å². The molecule has 0 aromatic heterocycles. The van der Waals surface area contributed by atoms with Crippen molar-refractivity contribution in [1.29, 1.82) is 0 Å². The van der Waals surface area contributed by atoms with Crippen molar-refractivity contribution in [1.82, 2.24) is 10.2 Å². The maximum atomic E-state index is 13.1. The Balaban J connectivity index is 1.74. The van der Waals surface area contributed by atoms with Gasteiger partial charge in [-0.05, 0) is 31.9 Å². The Morgan fingerprint density at radius 2 is 2.07 bits per heavy atom. The summed E-state index contributed by atoms with van der Waals surface area (Å²) < 4.78 is 4.97. The molecule has 2 aliphatic heterocycles. The summed E-state index contributed by atoms with van der Waals surface area (Å²) >= 11 is 1.15. The summed E-state index contributed by atoms with van der Waals surface area (Å²) in [7, 11) is 0. The van der Waals surface area contributed by atoms with Crippen molar-refractivity contribution in [3.8, 4) is 0 Å². The van der Waals surface area contributed by atoms with Crippen LogP contribution in [0, 0.1) is 0 Å². The van der Waals surface area contributed by atoms with Gasteiger partial charge in [0.15, 0.2) is 5.17 Å². The van der Waals surface area contributed by atoms with E-state index in [1.165, 1.54) is 4.90 Å². The number of carbonyl (C=O) groups excluding carboxylic acids is 3. The molecular weight excluding hydrogens is 404 g/mol. The molecule has 0 spiro atoms. The number of benzene rings is 1. The lowest BCUT2D eigenvalue weighted by Gasteiger charge is -2.25. The summed E-state index contributed by atoms with van der Waals surface area (Å²) in [5.74, 6) is -0.0951. The number of carbonyl (C=O) groups is 3. The number of hydrogen-bond acceptors (Lipinski definition) is 7. The molecule has 0 saturated carbocycles. The van der Waals surface area contributed by atoms with Gasteiger partial charge in [0.05, 0.1) is 18.0 Å². The number of para-hydroxylation sites is 1. The van der Waals surface area contributed by atoms with Crippen molar-refractivity contribution < 1.29 is 19.1 Å². The number of amides is 2. The first-order valence-corrected chi connectivity index (χ1v) is 11.2. The molecule has 0 fully saturated rings. The quantitative estimate of drug-likeness (QED) is 0.479. The maximum absolute atomic E-state index is 13.1. The number of ether oxygens (including phenoxy) is 1. The highest BCUT2D eigenvalue weighted by Crippen LogP contribution is 2.34. The zero-order valence-corrected chi connectivity index (χ0v) is 18.0. The number of hydrogen-bond donors (Lipinski definition) is 1.